The second-order valence-electron chi connectivity index (χ2n) is 8.25. The van der Waals surface area contributed by atoms with Crippen LogP contribution >= 0.6 is 0 Å². The van der Waals surface area contributed by atoms with Gasteiger partial charge in [-0.3, -0.25) is 9.69 Å². The molecular weight excluding hydrogens is 386 g/mol. The van der Waals surface area contributed by atoms with Gasteiger partial charge in [-0.1, -0.05) is 6.08 Å². The van der Waals surface area contributed by atoms with Gasteiger partial charge in [0.05, 0.1) is 5.35 Å². The molecule has 0 aromatic carbocycles. The normalized spacial score (nSPS) is 25.2. The number of piperidine rings is 1. The zero-order valence-corrected chi connectivity index (χ0v) is 17.4. The van der Waals surface area contributed by atoms with Gasteiger partial charge in [-0.25, -0.2) is 14.8 Å². The smallest absolute Gasteiger partial charge is 0.407 e. The molecule has 2 saturated heterocycles. The zero-order valence-electron chi connectivity index (χ0n) is 17.4. The number of hydrogen-bond donors (Lipinski definition) is 1. The van der Waals surface area contributed by atoms with Gasteiger partial charge in [0, 0.05) is 63.3 Å². The van der Waals surface area contributed by atoms with Crippen LogP contribution in [-0.2, 0) is 9.53 Å². The van der Waals surface area contributed by atoms with Gasteiger partial charge in [0.2, 0.25) is 5.91 Å². The number of methoxy groups -OCH3 is 1. The van der Waals surface area contributed by atoms with Crippen molar-refractivity contribution < 1.29 is 19.4 Å². The summed E-state index contributed by atoms with van der Waals surface area (Å²) in [7, 11) is 1.54. The van der Waals surface area contributed by atoms with E-state index in [1.165, 1.54) is 4.90 Å². The van der Waals surface area contributed by atoms with Crippen molar-refractivity contribution in [2.45, 2.75) is 24.8 Å². The average Bonchev–Trinajstić information content (AvgIpc) is 2.79. The molecule has 0 spiro atoms. The summed E-state index contributed by atoms with van der Waals surface area (Å²) in [5.74, 6) is 0.354. The third-order valence-corrected chi connectivity index (χ3v) is 6.77. The summed E-state index contributed by atoms with van der Waals surface area (Å²) < 4.78 is 5.00. The number of aromatic nitrogens is 2. The number of carbonyl (C=O) groups is 2. The molecule has 1 aromatic rings. The Morgan fingerprint density at radius 2 is 1.90 bits per heavy atom. The summed E-state index contributed by atoms with van der Waals surface area (Å²) in [5, 5.41) is 11.3. The number of fused-ring (bicyclic) bond motifs is 1. The Hall–Kier alpha value is -2.52. The first-order valence-corrected chi connectivity index (χ1v) is 10.5. The van der Waals surface area contributed by atoms with E-state index >= 15 is 0 Å². The summed E-state index contributed by atoms with van der Waals surface area (Å²) in [4.78, 5) is 38.1. The number of carbonyl (C=O) groups excluding carboxylic acids is 1. The van der Waals surface area contributed by atoms with Gasteiger partial charge in [-0.05, 0) is 31.3 Å². The Labute approximate surface area is 175 Å². The van der Waals surface area contributed by atoms with Crippen molar-refractivity contribution in [3.8, 4) is 0 Å². The van der Waals surface area contributed by atoms with Gasteiger partial charge in [-0.15, -0.1) is 0 Å². The SMILES string of the molecule is COCC(=O)N1CCN(C2(C3CCN(C(=O)O)CC3)C=c3ncncc3=CC2)CC1. The number of nitrogens with zero attached hydrogens (tertiary/aromatic N) is 5. The summed E-state index contributed by atoms with van der Waals surface area (Å²) in [6.07, 6.45) is 9.55. The molecule has 0 bridgehead atoms. The van der Waals surface area contributed by atoms with Gasteiger partial charge in [0.1, 0.15) is 12.9 Å². The van der Waals surface area contributed by atoms with E-state index in [-0.39, 0.29) is 18.1 Å². The first-order valence-electron chi connectivity index (χ1n) is 10.5. The molecule has 1 N–H and O–H groups in total. The summed E-state index contributed by atoms with van der Waals surface area (Å²) in [6.45, 7) is 4.11. The van der Waals surface area contributed by atoms with Crippen molar-refractivity contribution in [3.63, 3.8) is 0 Å². The van der Waals surface area contributed by atoms with E-state index in [0.29, 0.717) is 32.1 Å². The lowest BCUT2D eigenvalue weighted by Crippen LogP contribution is -2.63. The van der Waals surface area contributed by atoms with Crippen molar-refractivity contribution in [3.05, 3.63) is 23.1 Å². The first kappa shape index (κ1) is 20.7. The van der Waals surface area contributed by atoms with Crippen LogP contribution in [0.25, 0.3) is 12.2 Å². The second kappa shape index (κ2) is 8.69. The van der Waals surface area contributed by atoms with Crippen molar-refractivity contribution in [2.24, 2.45) is 5.92 Å². The molecule has 1 unspecified atom stereocenters. The Morgan fingerprint density at radius 3 is 2.57 bits per heavy atom. The lowest BCUT2D eigenvalue weighted by molar-refractivity contribution is -0.137. The predicted octanol–water partition coefficient (Wildman–Crippen LogP) is -0.639. The molecule has 1 aliphatic carbocycles. The molecule has 2 amide bonds. The van der Waals surface area contributed by atoms with E-state index in [1.807, 2.05) is 11.1 Å². The Balaban J connectivity index is 1.59. The zero-order chi connectivity index (χ0) is 21.1. The highest BCUT2D eigenvalue weighted by molar-refractivity contribution is 5.77. The first-order chi connectivity index (χ1) is 14.5. The molecule has 3 heterocycles. The maximum Gasteiger partial charge on any atom is 0.407 e. The van der Waals surface area contributed by atoms with Crippen molar-refractivity contribution >= 4 is 24.2 Å². The van der Waals surface area contributed by atoms with Crippen molar-refractivity contribution in [1.29, 1.82) is 0 Å². The molecule has 9 heteroatoms. The highest BCUT2D eigenvalue weighted by Gasteiger charge is 2.45. The standard InChI is InChI=1S/C21H29N5O4/c1-30-14-19(27)24-8-10-26(11-9-24)21(17-3-6-25(7-4-17)20(28)29)5-2-16-13-22-15-23-18(16)12-21/h2,12-13,15,17H,3-11,14H2,1H3,(H,28,29). The van der Waals surface area contributed by atoms with E-state index in [2.05, 4.69) is 27.0 Å². The molecule has 1 atom stereocenters. The Morgan fingerprint density at radius 1 is 1.17 bits per heavy atom. The van der Waals surface area contributed by atoms with Crippen LogP contribution < -0.4 is 10.6 Å². The minimum absolute atomic E-state index is 0.0261. The van der Waals surface area contributed by atoms with Gasteiger partial charge >= 0.3 is 6.09 Å². The van der Waals surface area contributed by atoms with E-state index < -0.39 is 6.09 Å². The topological polar surface area (TPSA) is 99.1 Å². The lowest BCUT2D eigenvalue weighted by atomic mass is 9.72. The maximum absolute atomic E-state index is 12.2. The Bertz CT molecular complexity index is 906. The highest BCUT2D eigenvalue weighted by atomic mass is 16.5. The summed E-state index contributed by atoms with van der Waals surface area (Å²) in [6, 6.07) is 0. The number of rotatable bonds is 4. The number of hydrogen-bond acceptors (Lipinski definition) is 6. The van der Waals surface area contributed by atoms with Gasteiger partial charge in [-0.2, -0.15) is 0 Å². The molecule has 2 aliphatic heterocycles. The molecule has 3 aliphatic rings. The van der Waals surface area contributed by atoms with Crippen LogP contribution in [0.2, 0.25) is 0 Å². The molecule has 0 radical (unpaired) electrons. The molecule has 9 nitrogen and oxygen atoms in total. The fraction of sp³-hybridized carbons (Fsp3) is 0.619. The van der Waals surface area contributed by atoms with Crippen LogP contribution in [0.1, 0.15) is 19.3 Å². The van der Waals surface area contributed by atoms with Gasteiger partial charge in [0.15, 0.2) is 0 Å². The van der Waals surface area contributed by atoms with Crippen LogP contribution in [0.5, 0.6) is 0 Å². The number of carboxylic acid groups (broad SMARTS) is 1. The maximum atomic E-state index is 12.2. The molecule has 4 rings (SSSR count). The number of amides is 2. The van der Waals surface area contributed by atoms with Gasteiger partial charge < -0.3 is 19.6 Å². The van der Waals surface area contributed by atoms with Gasteiger partial charge in [0.25, 0.3) is 0 Å². The fourth-order valence-corrected chi connectivity index (χ4v) is 5.12. The number of likely N-dealkylation sites (tertiary alicyclic amines) is 1. The van der Waals surface area contributed by atoms with E-state index in [4.69, 9.17) is 4.74 Å². The van der Waals surface area contributed by atoms with Crippen molar-refractivity contribution in [2.75, 3.05) is 53.0 Å². The third-order valence-electron chi connectivity index (χ3n) is 6.77. The Kier molecular flexibility index (Phi) is 6.01. The average molecular weight is 415 g/mol. The van der Waals surface area contributed by atoms with Crippen molar-refractivity contribution in [1.82, 2.24) is 24.7 Å². The largest absolute Gasteiger partial charge is 0.465 e. The molecule has 2 fully saturated rings. The minimum atomic E-state index is -0.843. The summed E-state index contributed by atoms with van der Waals surface area (Å²) >= 11 is 0. The monoisotopic (exact) mass is 415 g/mol. The quantitative estimate of drug-likeness (QED) is 0.698. The van der Waals surface area contributed by atoms with Crippen LogP contribution in [0, 0.1) is 5.92 Å². The molecule has 30 heavy (non-hydrogen) atoms. The molecular formula is C21H29N5O4. The fourth-order valence-electron chi connectivity index (χ4n) is 5.12. The van der Waals surface area contributed by atoms with E-state index in [0.717, 1.165) is 42.9 Å². The van der Waals surface area contributed by atoms with E-state index in [1.54, 1.807) is 13.4 Å². The number of piperazine rings is 1. The van der Waals surface area contributed by atoms with E-state index in [9.17, 15) is 14.7 Å². The highest BCUT2D eigenvalue weighted by Crippen LogP contribution is 2.39. The molecule has 1 aromatic heterocycles. The predicted molar refractivity (Wildman–Crippen MR) is 110 cm³/mol. The molecule has 162 valence electrons. The summed E-state index contributed by atoms with van der Waals surface area (Å²) in [5.41, 5.74) is -0.220. The van der Waals surface area contributed by atoms with Crippen LogP contribution in [0.15, 0.2) is 12.5 Å². The molecule has 0 saturated carbocycles. The van der Waals surface area contributed by atoms with Crippen LogP contribution in [0.3, 0.4) is 0 Å². The second-order valence-corrected chi connectivity index (χ2v) is 8.25. The van der Waals surface area contributed by atoms with Crippen LogP contribution in [-0.4, -0.2) is 100 Å². The van der Waals surface area contributed by atoms with Crippen LogP contribution in [0.4, 0.5) is 4.79 Å². The lowest BCUT2D eigenvalue weighted by Gasteiger charge is -2.52. The number of ether oxygens (including phenoxy) is 1. The third kappa shape index (κ3) is 3.91. The minimum Gasteiger partial charge on any atom is -0.465 e.